The quantitative estimate of drug-likeness (QED) is 0.402. The maximum absolute atomic E-state index is 2.40. The summed E-state index contributed by atoms with van der Waals surface area (Å²) in [6.45, 7) is 11.7. The van der Waals surface area contributed by atoms with Crippen LogP contribution in [0.3, 0.4) is 0 Å². The normalized spacial score (nSPS) is 24.2. The molecule has 3 aromatic rings. The van der Waals surface area contributed by atoms with E-state index in [1.54, 1.807) is 0 Å². The van der Waals surface area contributed by atoms with E-state index >= 15 is 0 Å². The van der Waals surface area contributed by atoms with Crippen LogP contribution in [0.15, 0.2) is 78.9 Å². The lowest BCUT2D eigenvalue weighted by Gasteiger charge is -2.48. The molecule has 3 atom stereocenters. The fourth-order valence-corrected chi connectivity index (χ4v) is 5.13. The SMILES string of the molecule is CCC(C)c1ccc(N(c2ccccc2)c2ccc(C3C(C)C(C)C3C)cc2)cc1. The maximum Gasteiger partial charge on any atom is 0.0461 e. The lowest BCUT2D eigenvalue weighted by molar-refractivity contribution is 0.0756. The van der Waals surface area contributed by atoms with E-state index in [2.05, 4.69) is 118 Å². The maximum atomic E-state index is 2.40. The first-order valence-corrected chi connectivity index (χ1v) is 11.6. The van der Waals surface area contributed by atoms with E-state index in [1.165, 1.54) is 34.6 Å². The van der Waals surface area contributed by atoms with Crippen molar-refractivity contribution in [1.29, 1.82) is 0 Å². The molecule has 1 heteroatoms. The molecule has 0 N–H and O–H groups in total. The van der Waals surface area contributed by atoms with Crippen LogP contribution in [-0.2, 0) is 0 Å². The molecular weight excluding hydrogens is 362 g/mol. The Kier molecular flexibility index (Phi) is 5.99. The second-order valence-corrected chi connectivity index (χ2v) is 9.27. The van der Waals surface area contributed by atoms with E-state index < -0.39 is 0 Å². The molecule has 1 aliphatic rings. The highest BCUT2D eigenvalue weighted by Crippen LogP contribution is 2.51. The summed E-state index contributed by atoms with van der Waals surface area (Å²) in [5, 5.41) is 0. The Labute approximate surface area is 182 Å². The topological polar surface area (TPSA) is 3.24 Å². The van der Waals surface area contributed by atoms with Gasteiger partial charge in [0.2, 0.25) is 0 Å². The third kappa shape index (κ3) is 3.78. The Morgan fingerprint density at radius 3 is 1.70 bits per heavy atom. The van der Waals surface area contributed by atoms with E-state index in [9.17, 15) is 0 Å². The van der Waals surface area contributed by atoms with Crippen molar-refractivity contribution < 1.29 is 0 Å². The molecule has 0 radical (unpaired) electrons. The molecule has 156 valence electrons. The Morgan fingerprint density at radius 1 is 0.667 bits per heavy atom. The van der Waals surface area contributed by atoms with Gasteiger partial charge >= 0.3 is 0 Å². The average molecular weight is 398 g/mol. The molecule has 1 saturated carbocycles. The number of nitrogens with zero attached hydrogens (tertiary/aromatic N) is 1. The lowest BCUT2D eigenvalue weighted by Crippen LogP contribution is -2.39. The summed E-state index contributed by atoms with van der Waals surface area (Å²) >= 11 is 0. The fraction of sp³-hybridized carbons (Fsp3) is 0.379. The Morgan fingerprint density at radius 2 is 1.17 bits per heavy atom. The molecule has 3 unspecified atom stereocenters. The van der Waals surface area contributed by atoms with E-state index in [4.69, 9.17) is 0 Å². The smallest absolute Gasteiger partial charge is 0.0461 e. The van der Waals surface area contributed by atoms with Gasteiger partial charge in [0, 0.05) is 17.1 Å². The van der Waals surface area contributed by atoms with Crippen LogP contribution >= 0.6 is 0 Å². The van der Waals surface area contributed by atoms with Gasteiger partial charge in [-0.3, -0.25) is 0 Å². The van der Waals surface area contributed by atoms with Gasteiger partial charge < -0.3 is 4.90 Å². The number of hydrogen-bond donors (Lipinski definition) is 0. The van der Waals surface area contributed by atoms with Crippen molar-refractivity contribution in [2.24, 2.45) is 17.8 Å². The van der Waals surface area contributed by atoms with Crippen molar-refractivity contribution in [2.45, 2.75) is 52.9 Å². The average Bonchev–Trinajstić information content (AvgIpc) is 2.81. The zero-order valence-electron chi connectivity index (χ0n) is 19.0. The second kappa shape index (κ2) is 8.68. The molecular formula is C29H35N. The largest absolute Gasteiger partial charge is 0.311 e. The lowest BCUT2D eigenvalue weighted by atomic mass is 9.57. The van der Waals surface area contributed by atoms with E-state index in [0.717, 1.165) is 17.8 Å². The van der Waals surface area contributed by atoms with Crippen LogP contribution in [-0.4, -0.2) is 0 Å². The number of hydrogen-bond acceptors (Lipinski definition) is 1. The highest BCUT2D eigenvalue weighted by Gasteiger charge is 2.42. The van der Waals surface area contributed by atoms with Gasteiger partial charge in [0.05, 0.1) is 0 Å². The van der Waals surface area contributed by atoms with Crippen molar-refractivity contribution >= 4 is 17.1 Å². The molecule has 4 rings (SSSR count). The van der Waals surface area contributed by atoms with Gasteiger partial charge in [-0.15, -0.1) is 0 Å². The second-order valence-electron chi connectivity index (χ2n) is 9.27. The predicted molar refractivity (Wildman–Crippen MR) is 130 cm³/mol. The van der Waals surface area contributed by atoms with Crippen molar-refractivity contribution in [3.63, 3.8) is 0 Å². The summed E-state index contributed by atoms with van der Waals surface area (Å²) < 4.78 is 0. The molecule has 0 spiro atoms. The standard InChI is InChI=1S/C29H35N/c1-6-20(2)24-12-16-27(17-13-24)30(26-10-8-7-9-11-26)28-18-14-25(15-19-28)29-22(4)21(3)23(29)5/h7-23,29H,6H2,1-5H3. The molecule has 0 heterocycles. The summed E-state index contributed by atoms with van der Waals surface area (Å²) in [5.74, 6) is 3.64. The van der Waals surface area contributed by atoms with E-state index in [-0.39, 0.29) is 0 Å². The van der Waals surface area contributed by atoms with Crippen LogP contribution in [0.5, 0.6) is 0 Å². The highest BCUT2D eigenvalue weighted by atomic mass is 15.1. The first kappa shape index (κ1) is 20.7. The number of anilines is 3. The minimum atomic E-state index is 0.595. The van der Waals surface area contributed by atoms with Gasteiger partial charge in [0.15, 0.2) is 0 Å². The van der Waals surface area contributed by atoms with Gasteiger partial charge in [0.1, 0.15) is 0 Å². The zero-order chi connectivity index (χ0) is 21.3. The molecule has 0 aromatic heterocycles. The van der Waals surface area contributed by atoms with Crippen LogP contribution in [0, 0.1) is 17.8 Å². The Hall–Kier alpha value is -2.54. The summed E-state index contributed by atoms with van der Waals surface area (Å²) in [5.41, 5.74) is 6.51. The summed E-state index contributed by atoms with van der Waals surface area (Å²) in [4.78, 5) is 2.36. The molecule has 0 amide bonds. The number of para-hydroxylation sites is 1. The minimum Gasteiger partial charge on any atom is -0.311 e. The minimum absolute atomic E-state index is 0.595. The summed E-state index contributed by atoms with van der Waals surface area (Å²) in [6, 6.07) is 29.1. The van der Waals surface area contributed by atoms with Crippen molar-refractivity contribution in [3.05, 3.63) is 90.0 Å². The zero-order valence-corrected chi connectivity index (χ0v) is 19.0. The first-order valence-electron chi connectivity index (χ1n) is 11.6. The van der Waals surface area contributed by atoms with Crippen LogP contribution in [0.2, 0.25) is 0 Å². The Bertz CT molecular complexity index is 932. The van der Waals surface area contributed by atoms with Gasteiger partial charge in [-0.05, 0) is 83.5 Å². The van der Waals surface area contributed by atoms with Crippen LogP contribution in [0.25, 0.3) is 0 Å². The summed E-state index contributed by atoms with van der Waals surface area (Å²) in [6.07, 6.45) is 1.17. The molecule has 0 aliphatic heterocycles. The molecule has 0 bridgehead atoms. The molecule has 0 saturated heterocycles. The van der Waals surface area contributed by atoms with Gasteiger partial charge in [-0.2, -0.15) is 0 Å². The molecule has 1 aliphatic carbocycles. The predicted octanol–water partition coefficient (Wildman–Crippen LogP) is 8.68. The number of benzene rings is 3. The monoisotopic (exact) mass is 397 g/mol. The van der Waals surface area contributed by atoms with E-state index in [0.29, 0.717) is 11.8 Å². The highest BCUT2D eigenvalue weighted by molar-refractivity contribution is 5.76. The Balaban J connectivity index is 1.67. The van der Waals surface area contributed by atoms with Crippen LogP contribution in [0.1, 0.15) is 64.0 Å². The van der Waals surface area contributed by atoms with Crippen LogP contribution < -0.4 is 4.90 Å². The van der Waals surface area contributed by atoms with Gasteiger partial charge in [-0.25, -0.2) is 0 Å². The number of rotatable bonds is 6. The van der Waals surface area contributed by atoms with E-state index in [1.807, 2.05) is 0 Å². The third-order valence-electron chi connectivity index (χ3n) is 7.67. The van der Waals surface area contributed by atoms with Crippen molar-refractivity contribution in [1.82, 2.24) is 0 Å². The first-order chi connectivity index (χ1) is 14.5. The third-order valence-corrected chi connectivity index (χ3v) is 7.67. The van der Waals surface area contributed by atoms with Crippen molar-refractivity contribution in [3.8, 4) is 0 Å². The summed E-state index contributed by atoms with van der Waals surface area (Å²) in [7, 11) is 0. The van der Waals surface area contributed by atoms with Gasteiger partial charge in [0.25, 0.3) is 0 Å². The van der Waals surface area contributed by atoms with Gasteiger partial charge in [-0.1, -0.05) is 77.1 Å². The molecule has 1 nitrogen and oxygen atoms in total. The van der Waals surface area contributed by atoms with Crippen LogP contribution in [0.4, 0.5) is 17.1 Å². The van der Waals surface area contributed by atoms with Crippen molar-refractivity contribution in [2.75, 3.05) is 4.90 Å². The molecule has 30 heavy (non-hydrogen) atoms. The molecule has 1 fully saturated rings. The fourth-order valence-electron chi connectivity index (χ4n) is 5.13. The molecule has 3 aromatic carbocycles.